The molecular formula is C77H58N2. The third-order valence-electron chi connectivity index (χ3n) is 17.5. The Labute approximate surface area is 463 Å². The van der Waals surface area contributed by atoms with Crippen LogP contribution in [0.1, 0.15) is 65.8 Å². The van der Waals surface area contributed by atoms with Crippen molar-refractivity contribution in [2.45, 2.75) is 43.4 Å². The molecule has 1 fully saturated rings. The zero-order valence-electron chi connectivity index (χ0n) is 44.1. The molecule has 0 aliphatic heterocycles. The Morgan fingerprint density at radius 3 is 1.66 bits per heavy atom. The molecular weight excluding hydrogens is 953 g/mol. The Morgan fingerprint density at radius 1 is 0.380 bits per heavy atom. The minimum atomic E-state index is -0.534. The van der Waals surface area contributed by atoms with Gasteiger partial charge in [-0.25, -0.2) is 0 Å². The van der Waals surface area contributed by atoms with Crippen molar-refractivity contribution in [1.29, 1.82) is 0 Å². The van der Waals surface area contributed by atoms with Crippen LogP contribution in [0, 0.1) is 0 Å². The first-order valence-electron chi connectivity index (χ1n) is 28.3. The Kier molecular flexibility index (Phi) is 11.5. The molecule has 1 saturated carbocycles. The molecule has 0 atom stereocenters. The fourth-order valence-electron chi connectivity index (χ4n) is 14.2. The Bertz CT molecular complexity index is 4360. The van der Waals surface area contributed by atoms with E-state index >= 15 is 0 Å². The van der Waals surface area contributed by atoms with Crippen molar-refractivity contribution in [2.24, 2.45) is 0 Å². The van der Waals surface area contributed by atoms with Gasteiger partial charge in [0.15, 0.2) is 0 Å². The predicted molar refractivity (Wildman–Crippen MR) is 332 cm³/mol. The monoisotopic (exact) mass is 1010 g/mol. The maximum absolute atomic E-state index is 2.57. The Balaban J connectivity index is 1.00. The summed E-state index contributed by atoms with van der Waals surface area (Å²) in [7, 11) is 0. The van der Waals surface area contributed by atoms with E-state index in [1.165, 1.54) is 131 Å². The molecule has 12 aromatic carbocycles. The van der Waals surface area contributed by atoms with E-state index in [2.05, 4.69) is 295 Å². The van der Waals surface area contributed by atoms with Gasteiger partial charge in [0.2, 0.25) is 0 Å². The van der Waals surface area contributed by atoms with Gasteiger partial charge in [-0.15, -0.1) is 0 Å². The molecule has 376 valence electrons. The largest absolute Gasteiger partial charge is 0.309 e. The minimum absolute atomic E-state index is 0.534. The second kappa shape index (κ2) is 19.5. The van der Waals surface area contributed by atoms with Crippen molar-refractivity contribution in [3.63, 3.8) is 0 Å². The zero-order valence-corrected chi connectivity index (χ0v) is 44.1. The van der Waals surface area contributed by atoms with Crippen LogP contribution in [0.15, 0.2) is 285 Å². The van der Waals surface area contributed by atoms with Gasteiger partial charge in [0.05, 0.1) is 27.8 Å². The topological polar surface area (TPSA) is 8.17 Å². The highest BCUT2D eigenvalue weighted by Gasteiger charge is 2.47. The zero-order chi connectivity index (χ0) is 52.3. The van der Waals surface area contributed by atoms with Crippen molar-refractivity contribution in [2.75, 3.05) is 4.90 Å². The van der Waals surface area contributed by atoms with Crippen LogP contribution < -0.4 is 4.90 Å². The maximum Gasteiger partial charge on any atom is 0.0713 e. The smallest absolute Gasteiger partial charge is 0.0713 e. The van der Waals surface area contributed by atoms with Crippen LogP contribution in [0.25, 0.3) is 82.8 Å². The van der Waals surface area contributed by atoms with Crippen LogP contribution in [0.4, 0.5) is 17.1 Å². The highest BCUT2D eigenvalue weighted by molar-refractivity contribution is 6.14. The molecule has 1 aromatic heterocycles. The highest BCUT2D eigenvalue weighted by Crippen LogP contribution is 2.59. The lowest BCUT2D eigenvalue weighted by molar-refractivity contribution is 0.445. The number of hydrogen-bond donors (Lipinski definition) is 0. The van der Waals surface area contributed by atoms with Gasteiger partial charge in [0.1, 0.15) is 0 Å². The van der Waals surface area contributed by atoms with Crippen LogP contribution in [0.3, 0.4) is 0 Å². The molecule has 15 rings (SSSR count). The summed E-state index contributed by atoms with van der Waals surface area (Å²) in [4.78, 5) is 2.57. The van der Waals surface area contributed by atoms with Crippen LogP contribution in [0.5, 0.6) is 0 Å². The third-order valence-corrected chi connectivity index (χ3v) is 17.5. The molecule has 1 heterocycles. The van der Waals surface area contributed by atoms with E-state index in [1.807, 2.05) is 0 Å². The quantitative estimate of drug-likeness (QED) is 0.133. The number of aromatic nitrogens is 1. The first-order chi connectivity index (χ1) is 39.3. The van der Waals surface area contributed by atoms with Gasteiger partial charge in [0.25, 0.3) is 0 Å². The molecule has 0 amide bonds. The predicted octanol–water partition coefficient (Wildman–Crippen LogP) is 20.8. The van der Waals surface area contributed by atoms with Gasteiger partial charge in [-0.3, -0.25) is 0 Å². The molecule has 79 heavy (non-hydrogen) atoms. The summed E-state index contributed by atoms with van der Waals surface area (Å²) < 4.78 is 2.46. The van der Waals surface area contributed by atoms with Gasteiger partial charge in [-0.2, -0.15) is 0 Å². The second-order valence-corrected chi connectivity index (χ2v) is 21.7. The molecule has 13 aromatic rings. The van der Waals surface area contributed by atoms with Gasteiger partial charge < -0.3 is 9.47 Å². The van der Waals surface area contributed by atoms with E-state index in [0.29, 0.717) is 5.92 Å². The van der Waals surface area contributed by atoms with E-state index in [1.54, 1.807) is 0 Å². The lowest BCUT2D eigenvalue weighted by Crippen LogP contribution is -2.28. The molecule has 2 heteroatoms. The summed E-state index contributed by atoms with van der Waals surface area (Å²) in [5.74, 6) is 0.537. The standard InChI is InChI=1S/C77H58N2/c1-5-26-53(27-6-1)60-42-22-28-54-29-23-44-65(74(54)60)62-38-14-18-49-71(62)78(59-37-21-30-55(52-59)61-43-24-46-67-64-40-16-20-51-73(64)79(76(61)67)58-35-11-4-12-36-58)72-50-19-15-39-63(72)66-45-25-48-70-75(66)68-41-13-17-47-69(68)77(70,56-31-7-2-8-32-56)57-33-9-3-10-34-57/h2-4,7-25,28-53H,1,5-6,26-27H2. The summed E-state index contributed by atoms with van der Waals surface area (Å²) in [6.45, 7) is 0. The molecule has 0 unspecified atom stereocenters. The fraction of sp³-hybridized carbons (Fsp3) is 0.0909. The van der Waals surface area contributed by atoms with E-state index < -0.39 is 5.41 Å². The van der Waals surface area contributed by atoms with Crippen LogP contribution >= 0.6 is 0 Å². The van der Waals surface area contributed by atoms with Crippen LogP contribution in [0.2, 0.25) is 0 Å². The highest BCUT2D eigenvalue weighted by atomic mass is 15.1. The summed E-state index contributed by atoms with van der Waals surface area (Å²) >= 11 is 0. The fourth-order valence-corrected chi connectivity index (χ4v) is 14.2. The van der Waals surface area contributed by atoms with Gasteiger partial charge in [-0.05, 0) is 128 Å². The number of nitrogens with zero attached hydrogens (tertiary/aromatic N) is 2. The van der Waals surface area contributed by atoms with Crippen LogP contribution in [-0.2, 0) is 5.41 Å². The molecule has 2 aliphatic carbocycles. The van der Waals surface area contributed by atoms with E-state index in [-0.39, 0.29) is 0 Å². The first kappa shape index (κ1) is 46.8. The minimum Gasteiger partial charge on any atom is -0.309 e. The lowest BCUT2D eigenvalue weighted by Gasteiger charge is -2.34. The number of anilines is 3. The van der Waals surface area contributed by atoms with Gasteiger partial charge in [0, 0.05) is 38.8 Å². The maximum atomic E-state index is 2.57. The summed E-state index contributed by atoms with van der Waals surface area (Å²) in [5.41, 5.74) is 22.6. The number of rotatable bonds is 10. The van der Waals surface area contributed by atoms with E-state index in [9.17, 15) is 0 Å². The van der Waals surface area contributed by atoms with Crippen molar-refractivity contribution < 1.29 is 0 Å². The number of hydrogen-bond acceptors (Lipinski definition) is 1. The molecule has 0 N–H and O–H groups in total. The normalized spacial score (nSPS) is 13.9. The van der Waals surface area contributed by atoms with Gasteiger partial charge in [-0.1, -0.05) is 262 Å². The first-order valence-corrected chi connectivity index (χ1v) is 28.3. The van der Waals surface area contributed by atoms with E-state index in [0.717, 1.165) is 28.3 Å². The van der Waals surface area contributed by atoms with Crippen molar-refractivity contribution in [3.05, 3.63) is 313 Å². The molecule has 0 spiro atoms. The number of para-hydroxylation sites is 5. The number of fused-ring (bicyclic) bond motifs is 7. The average molecular weight is 1010 g/mol. The summed E-state index contributed by atoms with van der Waals surface area (Å²) in [5, 5.41) is 5.15. The van der Waals surface area contributed by atoms with Crippen LogP contribution in [-0.4, -0.2) is 4.57 Å². The SMILES string of the molecule is c1ccc(-n2c3ccccc3c3cccc(-c4cccc(N(c5ccccc5-c5cccc6c5-c5ccccc5C6(c5ccccc5)c5ccccc5)c5ccccc5-c5cccc6cccc(C7CCCCC7)c56)c4)c32)cc1. The molecule has 2 aliphatic rings. The number of benzene rings is 12. The third kappa shape index (κ3) is 7.54. The molecule has 0 saturated heterocycles. The van der Waals surface area contributed by atoms with Crippen molar-refractivity contribution in [1.82, 2.24) is 4.57 Å². The lowest BCUT2D eigenvalue weighted by atomic mass is 9.67. The molecule has 0 radical (unpaired) electrons. The molecule has 0 bridgehead atoms. The average Bonchev–Trinajstić information content (AvgIpc) is 4.17. The van der Waals surface area contributed by atoms with E-state index in [4.69, 9.17) is 0 Å². The van der Waals surface area contributed by atoms with Crippen molar-refractivity contribution >= 4 is 49.6 Å². The second-order valence-electron chi connectivity index (χ2n) is 21.7. The molecule has 2 nitrogen and oxygen atoms in total. The summed E-state index contributed by atoms with van der Waals surface area (Å²) in [6.07, 6.45) is 6.36. The Hall–Kier alpha value is -9.50. The Morgan fingerprint density at radius 2 is 0.911 bits per heavy atom. The van der Waals surface area contributed by atoms with Gasteiger partial charge >= 0.3 is 0 Å². The summed E-state index contributed by atoms with van der Waals surface area (Å²) in [6, 6.07) is 107. The van der Waals surface area contributed by atoms with Crippen molar-refractivity contribution in [3.8, 4) is 50.2 Å².